The van der Waals surface area contributed by atoms with E-state index in [4.69, 9.17) is 46.6 Å². The fourth-order valence-corrected chi connectivity index (χ4v) is 6.14. The molecule has 2 aromatic heterocycles. The topological polar surface area (TPSA) is 338 Å². The third-order valence-electron chi connectivity index (χ3n) is 9.19. The molecule has 0 fully saturated rings. The Morgan fingerprint density at radius 3 is 1.81 bits per heavy atom. The van der Waals surface area contributed by atoms with Crippen molar-refractivity contribution >= 4 is 58.5 Å². The maximum atomic E-state index is 12.5. The Balaban J connectivity index is 0.000000247. The molecule has 22 nitrogen and oxygen atoms in total. The summed E-state index contributed by atoms with van der Waals surface area (Å²) in [5.74, 6) is -0.511. The van der Waals surface area contributed by atoms with E-state index in [9.17, 15) is 24.0 Å². The van der Waals surface area contributed by atoms with Crippen LogP contribution in [0.1, 0.15) is 61.3 Å². The number of H-pyrrole nitrogens is 1. The van der Waals surface area contributed by atoms with Gasteiger partial charge in [-0.3, -0.25) is 29.0 Å². The molecular weight excluding hydrogens is 821 g/mol. The summed E-state index contributed by atoms with van der Waals surface area (Å²) in [6.07, 6.45) is 0.836. The number of nitrogens with two attached hydrogens (primary N) is 4. The Morgan fingerprint density at radius 2 is 1.29 bits per heavy atom. The van der Waals surface area contributed by atoms with Crippen molar-refractivity contribution in [3.8, 4) is 28.9 Å². The lowest BCUT2D eigenvalue weighted by atomic mass is 10.0. The zero-order valence-corrected chi connectivity index (χ0v) is 34.4. The molecule has 7 rings (SSSR count). The van der Waals surface area contributed by atoms with Crippen LogP contribution in [0.5, 0.6) is 28.9 Å². The summed E-state index contributed by atoms with van der Waals surface area (Å²) in [6, 6.07) is 18.0. The molecule has 63 heavy (non-hydrogen) atoms. The average Bonchev–Trinajstić information content (AvgIpc) is 3.91. The molecule has 2 aliphatic heterocycles. The molecule has 0 spiro atoms. The number of benzene rings is 3. The first-order valence-corrected chi connectivity index (χ1v) is 19.5. The van der Waals surface area contributed by atoms with Crippen molar-refractivity contribution in [3.63, 3.8) is 0 Å². The summed E-state index contributed by atoms with van der Waals surface area (Å²) in [7, 11) is 0. The third-order valence-corrected chi connectivity index (χ3v) is 9.19. The van der Waals surface area contributed by atoms with Gasteiger partial charge in [0.15, 0.2) is 34.6 Å². The van der Waals surface area contributed by atoms with Gasteiger partial charge in [-0.1, -0.05) is 51.1 Å². The first kappa shape index (κ1) is 44.3. The highest BCUT2D eigenvalue weighted by atomic mass is 16.7. The van der Waals surface area contributed by atoms with E-state index in [2.05, 4.69) is 41.2 Å². The fraction of sp³-hybridized carbons (Fsp3) is 0.268. The lowest BCUT2D eigenvalue weighted by Gasteiger charge is -2.20. The molecule has 4 heterocycles. The molecule has 0 aliphatic carbocycles. The number of ether oxygens (including phenoxy) is 5. The summed E-state index contributed by atoms with van der Waals surface area (Å²) in [5.41, 5.74) is 22.7. The minimum Gasteiger partial charge on any atom is -0.472 e. The first-order valence-electron chi connectivity index (χ1n) is 19.5. The smallest absolute Gasteiger partial charge is 0.267 e. The van der Waals surface area contributed by atoms with Gasteiger partial charge in [0.1, 0.15) is 29.8 Å². The molecular formula is C41H48N12O10. The van der Waals surface area contributed by atoms with E-state index in [1.54, 1.807) is 43.3 Å². The van der Waals surface area contributed by atoms with Crippen molar-refractivity contribution in [1.82, 2.24) is 19.9 Å². The van der Waals surface area contributed by atoms with Crippen LogP contribution in [0, 0.1) is 5.92 Å². The monoisotopic (exact) mass is 868 g/mol. The molecule has 2 aliphatic rings. The van der Waals surface area contributed by atoms with Gasteiger partial charge in [-0.15, -0.1) is 0 Å². The van der Waals surface area contributed by atoms with Crippen LogP contribution in [0.2, 0.25) is 0 Å². The molecule has 0 radical (unpaired) electrons. The molecule has 0 bridgehead atoms. The normalized spacial score (nSPS) is 12.9. The molecule has 13 N–H and O–H groups in total. The van der Waals surface area contributed by atoms with Gasteiger partial charge in [-0.05, 0) is 48.6 Å². The van der Waals surface area contributed by atoms with Gasteiger partial charge in [-0.2, -0.15) is 15.0 Å². The zero-order chi connectivity index (χ0) is 45.2. The van der Waals surface area contributed by atoms with Gasteiger partial charge >= 0.3 is 0 Å². The van der Waals surface area contributed by atoms with E-state index in [0.717, 1.165) is 5.56 Å². The van der Waals surface area contributed by atoms with E-state index in [-0.39, 0.29) is 68.1 Å². The summed E-state index contributed by atoms with van der Waals surface area (Å²) < 4.78 is 27.2. The second-order valence-corrected chi connectivity index (χ2v) is 14.3. The number of hydrogen-bond donors (Lipinski definition) is 9. The number of primary amides is 4. The van der Waals surface area contributed by atoms with Crippen molar-refractivity contribution in [1.29, 1.82) is 0 Å². The number of carbonyl (C=O) groups excluding carboxylic acids is 4. The number of aromatic amines is 1. The van der Waals surface area contributed by atoms with Crippen LogP contribution < -0.4 is 73.4 Å². The highest BCUT2D eigenvalue weighted by Crippen LogP contribution is 2.37. The van der Waals surface area contributed by atoms with Crippen LogP contribution in [0.25, 0.3) is 0 Å². The largest absolute Gasteiger partial charge is 0.472 e. The van der Waals surface area contributed by atoms with Crippen molar-refractivity contribution < 1.29 is 44.3 Å². The summed E-state index contributed by atoms with van der Waals surface area (Å²) in [5, 5.41) is 11.6. The Bertz CT molecular complexity index is 2560. The molecule has 3 aromatic carbocycles. The van der Waals surface area contributed by atoms with E-state index in [0.29, 0.717) is 47.2 Å². The molecule has 0 unspecified atom stereocenters. The number of carbonyl (C=O) groups is 4. The van der Waals surface area contributed by atoms with Gasteiger partial charge in [0.2, 0.25) is 43.2 Å². The maximum Gasteiger partial charge on any atom is 0.267 e. The number of rotatable bonds is 18. The summed E-state index contributed by atoms with van der Waals surface area (Å²) in [6.45, 7) is 6.03. The van der Waals surface area contributed by atoms with Gasteiger partial charge in [0, 0.05) is 24.9 Å². The summed E-state index contributed by atoms with van der Waals surface area (Å²) in [4.78, 5) is 75.3. The number of fused-ring (bicyclic) bond motifs is 2. The van der Waals surface area contributed by atoms with E-state index < -0.39 is 41.3 Å². The van der Waals surface area contributed by atoms with Crippen molar-refractivity contribution in [2.75, 3.05) is 34.9 Å². The van der Waals surface area contributed by atoms with Crippen molar-refractivity contribution in [2.45, 2.75) is 52.3 Å². The van der Waals surface area contributed by atoms with Crippen molar-refractivity contribution in [3.05, 3.63) is 93.8 Å². The molecule has 332 valence electrons. The standard InChI is InChI=1S/C25H28N6O5.C16H18N6O5.H2/c1-14(2)10-17(21(26)32)29-25-30-23(28-16-8-9-18-19(11-16)36-13-35-18)20(22(27)33)24(31-25)34-12-15-6-4-3-5-7-15;1-2-8(12(17)23)20-16-21-14(11(13(18)24)15(25)22-16)19-7-3-4-9-10(5-7)27-6-26-9;/h3-9,11,14,17H,10,12-13H2,1-2H3,(H2,26,32)(H2,27,33)(H2,28,29,30,31);3-5,8H,2,6H2,1H3,(H2,17,23)(H2,18,24)(H3,19,20,21,22,25);1H/t17-;8-;/m11./s1. The van der Waals surface area contributed by atoms with Crippen LogP contribution in [0.15, 0.2) is 71.5 Å². The molecule has 0 saturated carbocycles. The lowest BCUT2D eigenvalue weighted by Crippen LogP contribution is -2.37. The minimum atomic E-state index is -0.958. The predicted octanol–water partition coefficient (Wildman–Crippen LogP) is 3.20. The molecule has 2 atom stereocenters. The van der Waals surface area contributed by atoms with Crippen LogP contribution in [-0.4, -0.2) is 69.2 Å². The molecule has 4 amide bonds. The quantitative estimate of drug-likeness (QED) is 0.0610. The number of aromatic nitrogens is 4. The lowest BCUT2D eigenvalue weighted by molar-refractivity contribution is -0.119. The van der Waals surface area contributed by atoms with Gasteiger partial charge < -0.3 is 67.9 Å². The van der Waals surface area contributed by atoms with Crippen LogP contribution in [0.3, 0.4) is 0 Å². The van der Waals surface area contributed by atoms with Gasteiger partial charge in [0.25, 0.3) is 17.4 Å². The Labute approximate surface area is 360 Å². The second-order valence-electron chi connectivity index (χ2n) is 14.3. The zero-order valence-electron chi connectivity index (χ0n) is 34.4. The van der Waals surface area contributed by atoms with Crippen LogP contribution >= 0.6 is 0 Å². The highest BCUT2D eigenvalue weighted by molar-refractivity contribution is 6.01. The van der Waals surface area contributed by atoms with Crippen LogP contribution in [0.4, 0.5) is 34.9 Å². The van der Waals surface area contributed by atoms with E-state index in [1.807, 2.05) is 44.2 Å². The minimum absolute atomic E-state index is 0. The first-order chi connectivity index (χ1) is 30.2. The average molecular weight is 869 g/mol. The Kier molecular flexibility index (Phi) is 13.9. The SMILES string of the molecule is CC(C)C[C@@H](Nc1nc(Nc2ccc3c(c2)OCO3)c(C(N)=O)c(OCc2ccccc2)n1)C(N)=O.CC[C@@H](Nc1nc(Nc2ccc3c(c2)OCO3)c(C(N)=O)c(=O)[nH]1)C(N)=O.[HH]. The number of nitrogens with one attached hydrogen (secondary N) is 5. The number of nitrogens with zero attached hydrogens (tertiary/aromatic N) is 3. The maximum absolute atomic E-state index is 12.5. The highest BCUT2D eigenvalue weighted by Gasteiger charge is 2.26. The van der Waals surface area contributed by atoms with Crippen LogP contribution in [-0.2, 0) is 16.2 Å². The predicted molar refractivity (Wildman–Crippen MR) is 231 cm³/mol. The van der Waals surface area contributed by atoms with E-state index in [1.165, 1.54) is 0 Å². The number of hydrogen-bond acceptors (Lipinski definition) is 17. The van der Waals surface area contributed by atoms with E-state index >= 15 is 0 Å². The molecule has 22 heteroatoms. The molecule has 0 saturated heterocycles. The number of amides is 4. The van der Waals surface area contributed by atoms with Gasteiger partial charge in [-0.25, -0.2) is 0 Å². The van der Waals surface area contributed by atoms with Gasteiger partial charge in [0.05, 0.1) is 0 Å². The Morgan fingerprint density at radius 1 is 0.730 bits per heavy atom. The number of anilines is 6. The third kappa shape index (κ3) is 11.3. The van der Waals surface area contributed by atoms with Crippen molar-refractivity contribution in [2.24, 2.45) is 28.9 Å². The fourth-order valence-electron chi connectivity index (χ4n) is 6.14. The Hall–Kier alpha value is -8.30. The summed E-state index contributed by atoms with van der Waals surface area (Å²) >= 11 is 0. The second kappa shape index (κ2) is 19.8. The molecule has 5 aromatic rings.